The van der Waals surface area contributed by atoms with Crippen molar-refractivity contribution in [3.8, 4) is 0 Å². The van der Waals surface area contributed by atoms with Gasteiger partial charge in [0.15, 0.2) is 0 Å². The van der Waals surface area contributed by atoms with E-state index < -0.39 is 0 Å². The van der Waals surface area contributed by atoms with Crippen molar-refractivity contribution in [2.24, 2.45) is 4.99 Å². The molecule has 0 spiro atoms. The monoisotopic (exact) mass is 241 g/mol. The van der Waals surface area contributed by atoms with Gasteiger partial charge in [0.2, 0.25) is 5.96 Å². The summed E-state index contributed by atoms with van der Waals surface area (Å²) in [5.74, 6) is 1.12. The highest BCUT2D eigenvalue weighted by Gasteiger charge is 2.32. The van der Waals surface area contributed by atoms with Gasteiger partial charge in [-0.05, 0) is 32.4 Å². The topological polar surface area (TPSA) is 18.8 Å². The van der Waals surface area contributed by atoms with Gasteiger partial charge in [0.1, 0.15) is 0 Å². The molecule has 1 aromatic carbocycles. The number of rotatable bonds is 2. The number of nitrogens with zero attached hydrogens (tertiary/aromatic N) is 3. The highest BCUT2D eigenvalue weighted by molar-refractivity contribution is 6.16. The van der Waals surface area contributed by atoms with Gasteiger partial charge in [0.05, 0.1) is 11.4 Å². The standard InChI is InChI=1S/C15H19N3/c1-12(2)8-11-18-14-7-4-3-6-13(14)17-10-5-9-16-15(17)18/h3-4,6-8H,5,9-11H2,1-2H3. The predicted molar refractivity (Wildman–Crippen MR) is 77.5 cm³/mol. The molecule has 18 heavy (non-hydrogen) atoms. The summed E-state index contributed by atoms with van der Waals surface area (Å²) in [6.07, 6.45) is 3.41. The van der Waals surface area contributed by atoms with E-state index in [1.807, 2.05) is 0 Å². The van der Waals surface area contributed by atoms with Gasteiger partial charge in [-0.2, -0.15) is 0 Å². The fourth-order valence-corrected chi connectivity index (χ4v) is 2.53. The van der Waals surface area contributed by atoms with Crippen molar-refractivity contribution < 1.29 is 0 Å². The molecular weight excluding hydrogens is 222 g/mol. The first-order valence-electron chi connectivity index (χ1n) is 6.59. The van der Waals surface area contributed by atoms with Gasteiger partial charge in [-0.1, -0.05) is 23.8 Å². The van der Waals surface area contributed by atoms with Crippen molar-refractivity contribution in [2.75, 3.05) is 29.4 Å². The minimum atomic E-state index is 0.911. The van der Waals surface area contributed by atoms with Gasteiger partial charge in [0.25, 0.3) is 0 Å². The normalized spacial score (nSPS) is 17.1. The summed E-state index contributed by atoms with van der Waals surface area (Å²) in [6.45, 7) is 7.23. The van der Waals surface area contributed by atoms with E-state index >= 15 is 0 Å². The zero-order chi connectivity index (χ0) is 12.5. The van der Waals surface area contributed by atoms with Crippen molar-refractivity contribution in [1.82, 2.24) is 0 Å². The molecule has 2 aliphatic heterocycles. The Bertz CT molecular complexity index is 512. The summed E-state index contributed by atoms with van der Waals surface area (Å²) in [5, 5.41) is 0. The molecule has 3 heteroatoms. The van der Waals surface area contributed by atoms with Crippen LogP contribution >= 0.6 is 0 Å². The molecule has 0 atom stereocenters. The molecule has 0 N–H and O–H groups in total. The van der Waals surface area contributed by atoms with E-state index in [2.05, 4.69) is 54.0 Å². The molecule has 0 unspecified atom stereocenters. The van der Waals surface area contributed by atoms with Crippen LogP contribution in [0.3, 0.4) is 0 Å². The Labute approximate surface area is 108 Å². The molecule has 2 heterocycles. The molecule has 0 radical (unpaired) electrons. The molecular formula is C15H19N3. The van der Waals surface area contributed by atoms with Gasteiger partial charge in [-0.15, -0.1) is 0 Å². The number of anilines is 2. The van der Waals surface area contributed by atoms with Crippen LogP contribution < -0.4 is 9.80 Å². The quantitative estimate of drug-likeness (QED) is 0.741. The average molecular weight is 241 g/mol. The van der Waals surface area contributed by atoms with Gasteiger partial charge in [-0.3, -0.25) is 4.99 Å². The Morgan fingerprint density at radius 2 is 2.06 bits per heavy atom. The van der Waals surface area contributed by atoms with Crippen molar-refractivity contribution >= 4 is 17.3 Å². The van der Waals surface area contributed by atoms with E-state index in [1.54, 1.807) is 0 Å². The van der Waals surface area contributed by atoms with E-state index in [9.17, 15) is 0 Å². The fourth-order valence-electron chi connectivity index (χ4n) is 2.53. The SMILES string of the molecule is CC(C)=CCN1C2=NCCCN2c2ccccc21. The first kappa shape index (κ1) is 11.3. The summed E-state index contributed by atoms with van der Waals surface area (Å²) in [4.78, 5) is 9.37. The minimum absolute atomic E-state index is 0.911. The van der Waals surface area contributed by atoms with E-state index in [0.717, 1.165) is 32.0 Å². The van der Waals surface area contributed by atoms with Gasteiger partial charge >= 0.3 is 0 Å². The van der Waals surface area contributed by atoms with Crippen LogP contribution in [0.5, 0.6) is 0 Å². The number of fused-ring (bicyclic) bond motifs is 3. The second-order valence-electron chi connectivity index (χ2n) is 5.07. The summed E-state index contributed by atoms with van der Waals surface area (Å²) < 4.78 is 0. The number of hydrogen-bond donors (Lipinski definition) is 0. The first-order valence-corrected chi connectivity index (χ1v) is 6.59. The first-order chi connectivity index (χ1) is 8.77. The molecule has 2 aliphatic rings. The number of guanidine groups is 1. The van der Waals surface area contributed by atoms with E-state index in [0.29, 0.717) is 0 Å². The predicted octanol–water partition coefficient (Wildman–Crippen LogP) is 3.04. The maximum atomic E-state index is 4.70. The van der Waals surface area contributed by atoms with Crippen LogP contribution in [0.15, 0.2) is 40.9 Å². The van der Waals surface area contributed by atoms with Crippen molar-refractivity contribution in [2.45, 2.75) is 20.3 Å². The third-order valence-corrected chi connectivity index (χ3v) is 3.42. The average Bonchev–Trinajstić information content (AvgIpc) is 2.71. The summed E-state index contributed by atoms with van der Waals surface area (Å²) in [6, 6.07) is 8.59. The van der Waals surface area contributed by atoms with Crippen LogP contribution in [0, 0.1) is 0 Å². The molecule has 94 valence electrons. The van der Waals surface area contributed by atoms with E-state index in [1.165, 1.54) is 16.9 Å². The minimum Gasteiger partial charge on any atom is -0.310 e. The highest BCUT2D eigenvalue weighted by atomic mass is 15.4. The Kier molecular flexibility index (Phi) is 2.82. The van der Waals surface area contributed by atoms with Crippen molar-refractivity contribution in [3.63, 3.8) is 0 Å². The summed E-state index contributed by atoms with van der Waals surface area (Å²) >= 11 is 0. The smallest absolute Gasteiger partial charge is 0.206 e. The fraction of sp³-hybridized carbons (Fsp3) is 0.400. The Balaban J connectivity index is 2.01. The van der Waals surface area contributed by atoms with Crippen LogP contribution in [0.2, 0.25) is 0 Å². The molecule has 3 rings (SSSR count). The summed E-state index contributed by atoms with van der Waals surface area (Å²) in [7, 11) is 0. The summed E-state index contributed by atoms with van der Waals surface area (Å²) in [5.41, 5.74) is 3.94. The largest absolute Gasteiger partial charge is 0.310 e. The van der Waals surface area contributed by atoms with Crippen LogP contribution in [0.25, 0.3) is 0 Å². The van der Waals surface area contributed by atoms with Crippen LogP contribution in [0.4, 0.5) is 11.4 Å². The molecule has 0 saturated heterocycles. The third-order valence-electron chi connectivity index (χ3n) is 3.42. The second kappa shape index (κ2) is 4.48. The third kappa shape index (κ3) is 1.80. The van der Waals surface area contributed by atoms with Crippen molar-refractivity contribution in [1.29, 1.82) is 0 Å². The number of hydrogen-bond acceptors (Lipinski definition) is 3. The Hall–Kier alpha value is -1.77. The second-order valence-corrected chi connectivity index (χ2v) is 5.07. The van der Waals surface area contributed by atoms with E-state index in [4.69, 9.17) is 4.99 Å². The lowest BCUT2D eigenvalue weighted by atomic mass is 10.2. The lowest BCUT2D eigenvalue weighted by molar-refractivity contribution is 0.788. The van der Waals surface area contributed by atoms with Gasteiger partial charge in [0, 0.05) is 19.6 Å². The van der Waals surface area contributed by atoms with Crippen LogP contribution in [0.1, 0.15) is 20.3 Å². The molecule has 1 aromatic rings. The van der Waals surface area contributed by atoms with Gasteiger partial charge in [-0.25, -0.2) is 0 Å². The maximum Gasteiger partial charge on any atom is 0.206 e. The molecule has 3 nitrogen and oxygen atoms in total. The number of aliphatic imine (C=N–C) groups is 1. The van der Waals surface area contributed by atoms with Crippen molar-refractivity contribution in [3.05, 3.63) is 35.9 Å². The molecule has 0 bridgehead atoms. The maximum absolute atomic E-state index is 4.70. The molecule has 0 fully saturated rings. The highest BCUT2D eigenvalue weighted by Crippen LogP contribution is 2.37. The zero-order valence-electron chi connectivity index (χ0n) is 11.1. The number of para-hydroxylation sites is 2. The molecule has 0 amide bonds. The number of benzene rings is 1. The molecule has 0 aliphatic carbocycles. The lowest BCUT2D eigenvalue weighted by Gasteiger charge is -2.26. The molecule has 0 aromatic heterocycles. The van der Waals surface area contributed by atoms with E-state index in [-0.39, 0.29) is 0 Å². The van der Waals surface area contributed by atoms with Crippen LogP contribution in [-0.4, -0.2) is 25.6 Å². The van der Waals surface area contributed by atoms with Crippen LogP contribution in [-0.2, 0) is 0 Å². The number of allylic oxidation sites excluding steroid dienone is 1. The Morgan fingerprint density at radius 3 is 2.83 bits per heavy atom. The van der Waals surface area contributed by atoms with Gasteiger partial charge < -0.3 is 9.80 Å². The lowest BCUT2D eigenvalue weighted by Crippen LogP contribution is -2.42. The zero-order valence-corrected chi connectivity index (χ0v) is 11.1. The Morgan fingerprint density at radius 1 is 1.28 bits per heavy atom. The molecule has 0 saturated carbocycles.